The van der Waals surface area contributed by atoms with Gasteiger partial charge in [-0.25, -0.2) is 14.8 Å². The van der Waals surface area contributed by atoms with Crippen molar-refractivity contribution >= 4 is 17.8 Å². The molecule has 0 aliphatic rings. The molecule has 0 saturated carbocycles. The van der Waals surface area contributed by atoms with E-state index in [0.29, 0.717) is 6.54 Å². The smallest absolute Gasteiger partial charge is 0.356 e. The molecule has 1 aromatic rings. The fraction of sp³-hybridized carbons (Fsp3) is 0.533. The largest absolute Gasteiger partial charge is 0.476 e. The second-order valence-electron chi connectivity index (χ2n) is 6.91. The van der Waals surface area contributed by atoms with Gasteiger partial charge in [-0.3, -0.25) is 9.59 Å². The summed E-state index contributed by atoms with van der Waals surface area (Å²) in [6.45, 7) is 9.57. The normalized spacial score (nSPS) is 11.7. The lowest BCUT2D eigenvalue weighted by molar-refractivity contribution is -0.126. The van der Waals surface area contributed by atoms with Crippen molar-refractivity contribution < 1.29 is 19.5 Å². The molecule has 0 fully saturated rings. The van der Waals surface area contributed by atoms with Gasteiger partial charge in [0, 0.05) is 6.54 Å². The summed E-state index contributed by atoms with van der Waals surface area (Å²) in [6.07, 6.45) is 2.05. The minimum absolute atomic E-state index is 0.0632. The minimum atomic E-state index is -1.23. The number of carbonyl (C=O) groups excluding carboxylic acids is 2. The molecule has 8 nitrogen and oxygen atoms in total. The Bertz CT molecular complexity index is 603. The number of hydrogen-bond donors (Lipinski definition) is 3. The molecule has 23 heavy (non-hydrogen) atoms. The van der Waals surface area contributed by atoms with Crippen molar-refractivity contribution in [2.24, 2.45) is 5.41 Å². The van der Waals surface area contributed by atoms with Crippen molar-refractivity contribution in [2.75, 3.05) is 6.54 Å². The lowest BCUT2D eigenvalue weighted by atomic mass is 9.96. The van der Waals surface area contributed by atoms with Gasteiger partial charge in [0.05, 0.1) is 12.4 Å². The molecule has 0 aliphatic heterocycles. The van der Waals surface area contributed by atoms with Crippen LogP contribution in [0.4, 0.5) is 0 Å². The molecule has 2 amide bonds. The number of rotatable bonds is 5. The van der Waals surface area contributed by atoms with E-state index in [9.17, 15) is 14.4 Å². The number of carbonyl (C=O) groups is 3. The molecule has 8 heteroatoms. The topological polar surface area (TPSA) is 121 Å². The van der Waals surface area contributed by atoms with Crippen molar-refractivity contribution in [1.29, 1.82) is 0 Å². The van der Waals surface area contributed by atoms with Gasteiger partial charge in [0.1, 0.15) is 11.2 Å². The summed E-state index contributed by atoms with van der Waals surface area (Å²) < 4.78 is 0. The zero-order valence-corrected chi connectivity index (χ0v) is 13.9. The molecule has 0 bridgehead atoms. The van der Waals surface area contributed by atoms with Crippen LogP contribution in [-0.4, -0.2) is 44.9 Å². The van der Waals surface area contributed by atoms with Crippen LogP contribution in [0.1, 0.15) is 55.6 Å². The van der Waals surface area contributed by atoms with Gasteiger partial charge in [0.15, 0.2) is 5.69 Å². The van der Waals surface area contributed by atoms with Crippen molar-refractivity contribution in [3.8, 4) is 0 Å². The Balaban J connectivity index is 2.74. The molecular formula is C15H22N4O4. The van der Waals surface area contributed by atoms with Crippen LogP contribution >= 0.6 is 0 Å². The summed E-state index contributed by atoms with van der Waals surface area (Å²) in [6, 6.07) is 0. The fourth-order valence-electron chi connectivity index (χ4n) is 1.53. The highest BCUT2D eigenvalue weighted by atomic mass is 16.4. The van der Waals surface area contributed by atoms with Gasteiger partial charge in [-0.05, 0) is 19.3 Å². The van der Waals surface area contributed by atoms with Crippen LogP contribution in [0.15, 0.2) is 12.4 Å². The van der Waals surface area contributed by atoms with Gasteiger partial charge >= 0.3 is 5.97 Å². The Morgan fingerprint density at radius 1 is 1.04 bits per heavy atom. The average Bonchev–Trinajstić information content (AvgIpc) is 2.43. The highest BCUT2D eigenvalue weighted by Gasteiger charge is 2.31. The zero-order valence-electron chi connectivity index (χ0n) is 13.9. The Kier molecular flexibility index (Phi) is 5.42. The lowest BCUT2D eigenvalue weighted by Crippen LogP contribution is -2.55. The summed E-state index contributed by atoms with van der Waals surface area (Å²) >= 11 is 0. The first-order valence-electron chi connectivity index (χ1n) is 7.08. The van der Waals surface area contributed by atoms with E-state index in [1.54, 1.807) is 13.8 Å². The Morgan fingerprint density at radius 2 is 1.57 bits per heavy atom. The number of nitrogens with one attached hydrogen (secondary N) is 2. The molecular weight excluding hydrogens is 300 g/mol. The molecule has 3 N–H and O–H groups in total. The first-order chi connectivity index (χ1) is 10.4. The number of amides is 2. The van der Waals surface area contributed by atoms with E-state index in [1.807, 2.05) is 20.8 Å². The molecule has 0 radical (unpaired) electrons. The van der Waals surface area contributed by atoms with E-state index < -0.39 is 17.4 Å². The van der Waals surface area contributed by atoms with Gasteiger partial charge in [0.25, 0.3) is 5.91 Å². The van der Waals surface area contributed by atoms with Crippen LogP contribution in [0.3, 0.4) is 0 Å². The lowest BCUT2D eigenvalue weighted by Gasteiger charge is -2.27. The number of aromatic carboxylic acids is 1. The van der Waals surface area contributed by atoms with Crippen LogP contribution in [-0.2, 0) is 4.79 Å². The molecule has 1 rings (SSSR count). The maximum atomic E-state index is 12.2. The molecule has 126 valence electrons. The maximum absolute atomic E-state index is 12.2. The van der Waals surface area contributed by atoms with Gasteiger partial charge in [-0.1, -0.05) is 20.8 Å². The van der Waals surface area contributed by atoms with Crippen molar-refractivity contribution in [1.82, 2.24) is 20.6 Å². The molecule has 1 heterocycles. The van der Waals surface area contributed by atoms with Crippen molar-refractivity contribution in [3.63, 3.8) is 0 Å². The van der Waals surface area contributed by atoms with E-state index >= 15 is 0 Å². The standard InChI is InChI=1S/C15H22N4O4/c1-14(2,3)8-18-13(23)15(4,5)19-11(20)9-6-17-10(7-16-9)12(21)22/h6-7H,8H2,1-5H3,(H,18,23)(H,19,20)(H,21,22). The molecule has 0 aliphatic carbocycles. The Hall–Kier alpha value is -2.51. The van der Waals surface area contributed by atoms with Crippen molar-refractivity contribution in [3.05, 3.63) is 23.8 Å². The fourth-order valence-corrected chi connectivity index (χ4v) is 1.53. The van der Waals surface area contributed by atoms with Crippen LogP contribution in [0.25, 0.3) is 0 Å². The molecule has 0 saturated heterocycles. The molecule has 1 aromatic heterocycles. The highest BCUT2D eigenvalue weighted by molar-refractivity contribution is 5.97. The number of nitrogens with zero attached hydrogens (tertiary/aromatic N) is 2. The predicted molar refractivity (Wildman–Crippen MR) is 83.0 cm³/mol. The summed E-state index contributed by atoms with van der Waals surface area (Å²) in [5.41, 5.74) is -1.54. The monoisotopic (exact) mass is 322 g/mol. The van der Waals surface area contributed by atoms with Crippen LogP contribution in [0.2, 0.25) is 0 Å². The van der Waals surface area contributed by atoms with Crippen LogP contribution in [0.5, 0.6) is 0 Å². The first kappa shape index (κ1) is 18.5. The zero-order chi connectivity index (χ0) is 17.8. The van der Waals surface area contributed by atoms with E-state index in [1.165, 1.54) is 0 Å². The second-order valence-corrected chi connectivity index (χ2v) is 6.91. The summed E-state index contributed by atoms with van der Waals surface area (Å²) in [7, 11) is 0. The third-order valence-electron chi connectivity index (χ3n) is 2.88. The van der Waals surface area contributed by atoms with Gasteiger partial charge in [-0.2, -0.15) is 0 Å². The molecule has 0 aromatic carbocycles. The van der Waals surface area contributed by atoms with E-state index in [2.05, 4.69) is 20.6 Å². The number of hydrogen-bond acceptors (Lipinski definition) is 5. The Morgan fingerprint density at radius 3 is 2.00 bits per heavy atom. The Labute approximate surface area is 134 Å². The van der Waals surface area contributed by atoms with Gasteiger partial charge in [-0.15, -0.1) is 0 Å². The summed E-state index contributed by atoms with van der Waals surface area (Å²) in [4.78, 5) is 42.3. The third-order valence-corrected chi connectivity index (χ3v) is 2.88. The number of carboxylic acid groups (broad SMARTS) is 1. The number of carboxylic acids is 1. The van der Waals surface area contributed by atoms with Crippen LogP contribution < -0.4 is 10.6 Å². The first-order valence-corrected chi connectivity index (χ1v) is 7.08. The van der Waals surface area contributed by atoms with E-state index in [0.717, 1.165) is 12.4 Å². The van der Waals surface area contributed by atoms with E-state index in [4.69, 9.17) is 5.11 Å². The maximum Gasteiger partial charge on any atom is 0.356 e. The highest BCUT2D eigenvalue weighted by Crippen LogP contribution is 2.12. The average molecular weight is 322 g/mol. The van der Waals surface area contributed by atoms with Gasteiger partial charge in [0.2, 0.25) is 5.91 Å². The summed E-state index contributed by atoms with van der Waals surface area (Å²) in [5, 5.41) is 14.1. The number of aromatic nitrogens is 2. The minimum Gasteiger partial charge on any atom is -0.476 e. The van der Waals surface area contributed by atoms with E-state index in [-0.39, 0.29) is 22.7 Å². The predicted octanol–water partition coefficient (Wildman–Crippen LogP) is 0.845. The van der Waals surface area contributed by atoms with Crippen LogP contribution in [0, 0.1) is 5.41 Å². The van der Waals surface area contributed by atoms with Crippen molar-refractivity contribution in [2.45, 2.75) is 40.2 Å². The molecule has 0 atom stereocenters. The van der Waals surface area contributed by atoms with Gasteiger partial charge < -0.3 is 15.7 Å². The molecule has 0 spiro atoms. The SMILES string of the molecule is CC(C)(C)CNC(=O)C(C)(C)NC(=O)c1cnc(C(=O)O)cn1. The quantitative estimate of drug-likeness (QED) is 0.739. The molecule has 0 unspecified atom stereocenters. The second kappa shape index (κ2) is 6.72. The third kappa shape index (κ3) is 5.65. The summed E-state index contributed by atoms with van der Waals surface area (Å²) in [5.74, 6) is -2.16.